The molecule has 1 aliphatic rings. The molecule has 1 fully saturated rings. The van der Waals surface area contributed by atoms with Crippen LogP contribution in [0.15, 0.2) is 39.5 Å². The van der Waals surface area contributed by atoms with E-state index in [1.165, 1.54) is 0 Å². The summed E-state index contributed by atoms with van der Waals surface area (Å²) in [5, 5.41) is 5.25. The van der Waals surface area contributed by atoms with Crippen LogP contribution in [-0.2, 0) is 9.53 Å². The Bertz CT molecular complexity index is 951. The second kappa shape index (κ2) is 8.69. The Hall–Kier alpha value is -3.16. The minimum Gasteiger partial charge on any atom is -0.450 e. The number of hydrogen-bond donors (Lipinski definition) is 2. The summed E-state index contributed by atoms with van der Waals surface area (Å²) in [4.78, 5) is 47.8. The van der Waals surface area contributed by atoms with Gasteiger partial charge in [0.1, 0.15) is 5.58 Å². The lowest BCUT2D eigenvalue weighted by molar-refractivity contribution is -0.123. The van der Waals surface area contributed by atoms with Gasteiger partial charge in [-0.05, 0) is 30.9 Å². The third-order valence-electron chi connectivity index (χ3n) is 4.85. The van der Waals surface area contributed by atoms with Crippen LogP contribution in [0.2, 0.25) is 0 Å². The van der Waals surface area contributed by atoms with E-state index in [1.54, 1.807) is 24.3 Å². The molecular weight excluding hydrogens is 364 g/mol. The topological polar surface area (TPSA) is 115 Å². The molecule has 0 bridgehead atoms. The second-order valence-corrected chi connectivity index (χ2v) is 6.94. The Morgan fingerprint density at radius 2 is 1.93 bits per heavy atom. The molecule has 0 spiro atoms. The Kier molecular flexibility index (Phi) is 6.08. The number of imide groups is 1. The van der Waals surface area contributed by atoms with Crippen molar-refractivity contribution < 1.29 is 23.5 Å². The van der Waals surface area contributed by atoms with Crippen LogP contribution >= 0.6 is 0 Å². The maximum Gasteiger partial charge on any atom is 0.374 e. The van der Waals surface area contributed by atoms with Crippen LogP contribution in [0.25, 0.3) is 11.0 Å². The van der Waals surface area contributed by atoms with E-state index in [0.717, 1.165) is 31.7 Å². The number of nitrogens with one attached hydrogen (secondary N) is 2. The lowest BCUT2D eigenvalue weighted by Gasteiger charge is -2.29. The van der Waals surface area contributed by atoms with Gasteiger partial charge in [0, 0.05) is 12.1 Å². The van der Waals surface area contributed by atoms with Gasteiger partial charge >= 0.3 is 12.0 Å². The van der Waals surface area contributed by atoms with Gasteiger partial charge < -0.3 is 14.5 Å². The van der Waals surface area contributed by atoms with Gasteiger partial charge in [-0.1, -0.05) is 31.9 Å². The number of rotatable bonds is 4. The van der Waals surface area contributed by atoms with E-state index in [2.05, 4.69) is 17.6 Å². The first-order chi connectivity index (χ1) is 13.4. The van der Waals surface area contributed by atoms with E-state index in [1.807, 2.05) is 0 Å². The molecule has 0 radical (unpaired) electrons. The normalized spacial score (nSPS) is 19.0. The van der Waals surface area contributed by atoms with Gasteiger partial charge in [-0.2, -0.15) is 0 Å². The van der Waals surface area contributed by atoms with Crippen LogP contribution in [0, 0.1) is 5.92 Å². The molecule has 0 aliphatic heterocycles. The molecule has 2 aromatic rings. The molecule has 148 valence electrons. The quantitative estimate of drug-likeness (QED) is 0.780. The number of para-hydroxylation sites is 1. The molecule has 1 saturated carbocycles. The molecule has 1 aromatic carbocycles. The van der Waals surface area contributed by atoms with Crippen LogP contribution in [0.5, 0.6) is 0 Å². The third-order valence-corrected chi connectivity index (χ3v) is 4.85. The van der Waals surface area contributed by atoms with Crippen molar-refractivity contribution in [1.29, 1.82) is 0 Å². The maximum absolute atomic E-state index is 12.1. The minimum atomic E-state index is -0.959. The van der Waals surface area contributed by atoms with Crippen molar-refractivity contribution in [3.05, 3.63) is 46.3 Å². The zero-order valence-electron chi connectivity index (χ0n) is 15.5. The Morgan fingerprint density at radius 3 is 2.71 bits per heavy atom. The number of hydrogen-bond acceptors (Lipinski definition) is 6. The number of esters is 1. The highest BCUT2D eigenvalue weighted by molar-refractivity contribution is 5.96. The summed E-state index contributed by atoms with van der Waals surface area (Å²) in [6.07, 6.45) is 4.09. The van der Waals surface area contributed by atoms with Crippen LogP contribution in [0.3, 0.4) is 0 Å². The lowest BCUT2D eigenvalue weighted by atomic mass is 9.86. The summed E-state index contributed by atoms with van der Waals surface area (Å²) in [5.74, 6) is -1.68. The van der Waals surface area contributed by atoms with Crippen molar-refractivity contribution in [2.24, 2.45) is 5.92 Å². The van der Waals surface area contributed by atoms with Crippen molar-refractivity contribution in [2.75, 3.05) is 6.61 Å². The molecule has 3 amide bonds. The largest absolute Gasteiger partial charge is 0.450 e. The minimum absolute atomic E-state index is 0.0241. The first-order valence-electron chi connectivity index (χ1n) is 9.24. The number of fused-ring (bicyclic) bond motifs is 1. The smallest absolute Gasteiger partial charge is 0.374 e. The SMILES string of the molecule is C[C@@H]1CCCC[C@@H]1NC(=O)NC(=O)COC(=O)c1cc(=O)c2ccccc2o1. The molecular formula is C20H22N2O6. The number of carbonyl (C=O) groups excluding carboxylic acids is 3. The fraction of sp³-hybridized carbons (Fsp3) is 0.400. The summed E-state index contributed by atoms with van der Waals surface area (Å²) in [6.45, 7) is 1.40. The van der Waals surface area contributed by atoms with Crippen LogP contribution in [-0.4, -0.2) is 30.6 Å². The van der Waals surface area contributed by atoms with Crippen LogP contribution < -0.4 is 16.1 Å². The number of carbonyl (C=O) groups is 3. The Labute approximate surface area is 161 Å². The van der Waals surface area contributed by atoms with Gasteiger partial charge in [0.2, 0.25) is 5.76 Å². The predicted octanol–water partition coefficient (Wildman–Crippen LogP) is 2.35. The molecule has 2 atom stereocenters. The summed E-state index contributed by atoms with van der Waals surface area (Å²) >= 11 is 0. The van der Waals surface area contributed by atoms with Crippen molar-refractivity contribution in [2.45, 2.75) is 38.6 Å². The molecule has 8 nitrogen and oxygen atoms in total. The van der Waals surface area contributed by atoms with Gasteiger partial charge in [0.15, 0.2) is 12.0 Å². The molecule has 1 aliphatic carbocycles. The third kappa shape index (κ3) is 4.76. The number of ether oxygens (including phenoxy) is 1. The summed E-state index contributed by atoms with van der Waals surface area (Å²) in [6, 6.07) is 6.90. The molecule has 1 aromatic heterocycles. The maximum atomic E-state index is 12.1. The highest BCUT2D eigenvalue weighted by Gasteiger charge is 2.23. The monoisotopic (exact) mass is 386 g/mol. The van der Waals surface area contributed by atoms with Gasteiger partial charge in [-0.25, -0.2) is 9.59 Å². The van der Waals surface area contributed by atoms with E-state index < -0.39 is 24.5 Å². The predicted molar refractivity (Wildman–Crippen MR) is 101 cm³/mol. The van der Waals surface area contributed by atoms with E-state index in [9.17, 15) is 19.2 Å². The molecule has 8 heteroatoms. The fourth-order valence-electron chi connectivity index (χ4n) is 3.30. The first kappa shape index (κ1) is 19.6. The zero-order chi connectivity index (χ0) is 20.1. The Morgan fingerprint density at radius 1 is 1.18 bits per heavy atom. The number of amides is 3. The van der Waals surface area contributed by atoms with Gasteiger partial charge in [0.25, 0.3) is 5.91 Å². The molecule has 3 rings (SSSR count). The van der Waals surface area contributed by atoms with E-state index in [4.69, 9.17) is 9.15 Å². The van der Waals surface area contributed by atoms with E-state index >= 15 is 0 Å². The second-order valence-electron chi connectivity index (χ2n) is 6.94. The summed E-state index contributed by atoms with van der Waals surface area (Å²) < 4.78 is 10.2. The highest BCUT2D eigenvalue weighted by Crippen LogP contribution is 2.23. The lowest BCUT2D eigenvalue weighted by Crippen LogP contribution is -2.48. The average molecular weight is 386 g/mol. The van der Waals surface area contributed by atoms with Crippen molar-refractivity contribution in [1.82, 2.24) is 10.6 Å². The van der Waals surface area contributed by atoms with E-state index in [-0.39, 0.29) is 22.8 Å². The summed E-state index contributed by atoms with van der Waals surface area (Å²) in [7, 11) is 0. The molecule has 1 heterocycles. The van der Waals surface area contributed by atoms with Crippen molar-refractivity contribution >= 4 is 28.9 Å². The van der Waals surface area contributed by atoms with Gasteiger partial charge in [0.05, 0.1) is 5.39 Å². The molecule has 0 saturated heterocycles. The van der Waals surface area contributed by atoms with Crippen LogP contribution in [0.4, 0.5) is 4.79 Å². The van der Waals surface area contributed by atoms with Crippen molar-refractivity contribution in [3.63, 3.8) is 0 Å². The first-order valence-corrected chi connectivity index (χ1v) is 9.24. The highest BCUT2D eigenvalue weighted by atomic mass is 16.5. The zero-order valence-corrected chi connectivity index (χ0v) is 15.5. The molecule has 2 N–H and O–H groups in total. The van der Waals surface area contributed by atoms with Crippen LogP contribution in [0.1, 0.15) is 43.2 Å². The Balaban J connectivity index is 1.52. The van der Waals surface area contributed by atoms with Crippen molar-refractivity contribution in [3.8, 4) is 0 Å². The van der Waals surface area contributed by atoms with Gasteiger partial charge in [-0.3, -0.25) is 14.9 Å². The standard InChI is InChI=1S/C20H22N2O6/c1-12-6-2-4-8-14(12)21-20(26)22-18(24)11-27-19(25)17-10-15(23)13-7-3-5-9-16(13)28-17/h3,5,7,9-10,12,14H,2,4,6,8,11H2,1H3,(H2,21,22,24,26)/t12-,14+/m1/s1. The number of urea groups is 1. The van der Waals surface area contributed by atoms with Gasteiger partial charge in [-0.15, -0.1) is 0 Å². The molecule has 0 unspecified atom stereocenters. The fourth-order valence-corrected chi connectivity index (χ4v) is 3.30. The molecule has 28 heavy (non-hydrogen) atoms. The summed E-state index contributed by atoms with van der Waals surface area (Å²) in [5.41, 5.74) is -0.147. The average Bonchev–Trinajstić information content (AvgIpc) is 2.68. The number of benzene rings is 1. The van der Waals surface area contributed by atoms with E-state index in [0.29, 0.717) is 11.3 Å².